The lowest BCUT2D eigenvalue weighted by atomic mass is 9.79. The molecule has 1 aliphatic heterocycles. The Hall–Kier alpha value is -2.96. The van der Waals surface area contributed by atoms with Crippen LogP contribution in [0.2, 0.25) is 0 Å². The summed E-state index contributed by atoms with van der Waals surface area (Å²) in [5.74, 6) is 0.507. The quantitative estimate of drug-likeness (QED) is 0.809. The van der Waals surface area contributed by atoms with E-state index in [9.17, 15) is 0 Å². The van der Waals surface area contributed by atoms with Gasteiger partial charge >= 0.3 is 0 Å². The average molecular weight is 404 g/mol. The lowest BCUT2D eigenvalue weighted by Crippen LogP contribution is -2.25. The molecule has 2 aliphatic carbocycles. The number of fused-ring (bicyclic) bond motifs is 1. The first kappa shape index (κ1) is 19.0. The fourth-order valence-electron chi connectivity index (χ4n) is 4.11. The third-order valence-corrected chi connectivity index (χ3v) is 6.13. The van der Waals surface area contributed by atoms with Crippen LogP contribution in [0.5, 0.6) is 0 Å². The Morgan fingerprint density at radius 2 is 2.03 bits per heavy atom. The van der Waals surface area contributed by atoms with Crippen molar-refractivity contribution in [3.05, 3.63) is 47.7 Å². The summed E-state index contributed by atoms with van der Waals surface area (Å²) in [6, 6.07) is 0.436. The monoisotopic (exact) mass is 403 g/mol. The van der Waals surface area contributed by atoms with Gasteiger partial charge in [0.15, 0.2) is 5.65 Å². The summed E-state index contributed by atoms with van der Waals surface area (Å²) in [6.07, 6.45) is 13.4. The SMILES string of the molecule is CC(C)(C)C1=NCC(NC2=CCC(C)(c3nn(C4CC4)c4ncnc(N)c34)C=C2)=C1. The summed E-state index contributed by atoms with van der Waals surface area (Å²) >= 11 is 0. The molecule has 5 rings (SSSR count). The zero-order chi connectivity index (χ0) is 21.1. The minimum absolute atomic E-state index is 0.0717. The van der Waals surface area contributed by atoms with Crippen LogP contribution in [-0.2, 0) is 5.41 Å². The first-order valence-electron chi connectivity index (χ1n) is 10.7. The van der Waals surface area contributed by atoms with E-state index < -0.39 is 0 Å². The molecule has 1 atom stereocenters. The summed E-state index contributed by atoms with van der Waals surface area (Å²) in [5.41, 5.74) is 11.3. The molecule has 0 spiro atoms. The zero-order valence-corrected chi connectivity index (χ0v) is 18.1. The molecule has 1 fully saturated rings. The zero-order valence-electron chi connectivity index (χ0n) is 18.1. The third-order valence-electron chi connectivity index (χ3n) is 6.13. The smallest absolute Gasteiger partial charge is 0.163 e. The van der Waals surface area contributed by atoms with Crippen molar-refractivity contribution in [3.63, 3.8) is 0 Å². The highest BCUT2D eigenvalue weighted by Gasteiger charge is 2.36. The second-order valence-corrected chi connectivity index (χ2v) is 9.84. The highest BCUT2D eigenvalue weighted by molar-refractivity contribution is 6.01. The number of rotatable bonds is 4. The Morgan fingerprint density at radius 3 is 2.67 bits per heavy atom. The van der Waals surface area contributed by atoms with Gasteiger partial charge in [0.2, 0.25) is 0 Å². The molecule has 0 radical (unpaired) electrons. The summed E-state index contributed by atoms with van der Waals surface area (Å²) in [4.78, 5) is 13.4. The van der Waals surface area contributed by atoms with Crippen molar-refractivity contribution in [2.24, 2.45) is 10.4 Å². The standard InChI is InChI=1S/C23H29N7/c1-22(2,3)17-11-15(12-25-17)28-14-7-9-23(4,10-8-14)19-18-20(24)26-13-27-21(18)30(29-19)16-5-6-16/h7-9,11,13,16,28H,5-6,10,12H2,1-4H3,(H2,24,26,27). The molecule has 0 bridgehead atoms. The number of nitrogens with zero attached hydrogens (tertiary/aromatic N) is 5. The molecule has 7 nitrogen and oxygen atoms in total. The average Bonchev–Trinajstić information content (AvgIpc) is 3.27. The first-order valence-corrected chi connectivity index (χ1v) is 10.7. The van der Waals surface area contributed by atoms with E-state index in [2.05, 4.69) is 72.3 Å². The van der Waals surface area contributed by atoms with E-state index in [-0.39, 0.29) is 10.8 Å². The van der Waals surface area contributed by atoms with Crippen LogP contribution in [0.4, 0.5) is 5.82 Å². The largest absolute Gasteiger partial charge is 0.383 e. The summed E-state index contributed by atoms with van der Waals surface area (Å²) in [7, 11) is 0. The van der Waals surface area contributed by atoms with Crippen molar-refractivity contribution in [2.45, 2.75) is 58.4 Å². The number of aromatic nitrogens is 4. The van der Waals surface area contributed by atoms with E-state index in [1.165, 1.54) is 6.33 Å². The fourth-order valence-corrected chi connectivity index (χ4v) is 4.11. The Balaban J connectivity index is 1.40. The van der Waals surface area contributed by atoms with Crippen LogP contribution in [-0.4, -0.2) is 32.0 Å². The van der Waals surface area contributed by atoms with Gasteiger partial charge in [-0.15, -0.1) is 0 Å². The second-order valence-electron chi connectivity index (χ2n) is 9.84. The fraction of sp³-hybridized carbons (Fsp3) is 0.478. The van der Waals surface area contributed by atoms with Gasteiger partial charge in [0.1, 0.15) is 12.1 Å². The normalized spacial score (nSPS) is 24.1. The van der Waals surface area contributed by atoms with Crippen LogP contribution in [0.15, 0.2) is 47.0 Å². The highest BCUT2D eigenvalue weighted by atomic mass is 15.3. The van der Waals surface area contributed by atoms with E-state index in [0.29, 0.717) is 18.4 Å². The molecule has 7 heteroatoms. The Kier molecular flexibility index (Phi) is 4.14. The van der Waals surface area contributed by atoms with Crippen molar-refractivity contribution in [1.29, 1.82) is 0 Å². The molecule has 1 saturated carbocycles. The van der Waals surface area contributed by atoms with Crippen LogP contribution in [0.1, 0.15) is 58.7 Å². The van der Waals surface area contributed by atoms with Gasteiger partial charge in [-0.3, -0.25) is 4.99 Å². The predicted molar refractivity (Wildman–Crippen MR) is 120 cm³/mol. The summed E-state index contributed by atoms with van der Waals surface area (Å²) < 4.78 is 2.05. The number of nitrogens with one attached hydrogen (secondary N) is 1. The van der Waals surface area contributed by atoms with Gasteiger partial charge in [0.25, 0.3) is 0 Å². The van der Waals surface area contributed by atoms with Gasteiger partial charge < -0.3 is 11.1 Å². The number of hydrogen-bond acceptors (Lipinski definition) is 6. The summed E-state index contributed by atoms with van der Waals surface area (Å²) in [6.45, 7) is 9.49. The maximum atomic E-state index is 6.26. The third kappa shape index (κ3) is 3.22. The maximum Gasteiger partial charge on any atom is 0.163 e. The van der Waals surface area contributed by atoms with Crippen LogP contribution in [0.25, 0.3) is 11.0 Å². The van der Waals surface area contributed by atoms with Crippen molar-refractivity contribution in [2.75, 3.05) is 12.3 Å². The highest BCUT2D eigenvalue weighted by Crippen LogP contribution is 2.42. The molecule has 0 saturated heterocycles. The molecule has 3 N–H and O–H groups in total. The molecule has 3 aliphatic rings. The van der Waals surface area contributed by atoms with Gasteiger partial charge in [-0.05, 0) is 31.4 Å². The molecule has 3 heterocycles. The van der Waals surface area contributed by atoms with Crippen LogP contribution in [0.3, 0.4) is 0 Å². The number of anilines is 1. The van der Waals surface area contributed by atoms with Gasteiger partial charge in [0.05, 0.1) is 23.7 Å². The first-order chi connectivity index (χ1) is 14.2. The topological polar surface area (TPSA) is 94.0 Å². The minimum atomic E-state index is -0.250. The molecule has 0 aromatic carbocycles. The number of nitrogens with two attached hydrogens (primary N) is 1. The maximum absolute atomic E-state index is 6.26. The van der Waals surface area contributed by atoms with E-state index >= 15 is 0 Å². The Labute approximate surface area is 176 Å². The molecular formula is C23H29N7. The lowest BCUT2D eigenvalue weighted by molar-refractivity contribution is 0.547. The van der Waals surface area contributed by atoms with E-state index in [0.717, 1.165) is 53.1 Å². The Bertz CT molecular complexity index is 1140. The van der Waals surface area contributed by atoms with Gasteiger partial charge in [-0.25, -0.2) is 14.6 Å². The molecule has 30 heavy (non-hydrogen) atoms. The van der Waals surface area contributed by atoms with Crippen LogP contribution < -0.4 is 11.1 Å². The number of allylic oxidation sites excluding steroid dienone is 4. The van der Waals surface area contributed by atoms with E-state index in [1.807, 2.05) is 4.68 Å². The number of hydrogen-bond donors (Lipinski definition) is 2. The minimum Gasteiger partial charge on any atom is -0.383 e. The van der Waals surface area contributed by atoms with E-state index in [4.69, 9.17) is 10.8 Å². The molecule has 0 amide bonds. The van der Waals surface area contributed by atoms with Crippen LogP contribution in [0, 0.1) is 5.41 Å². The van der Waals surface area contributed by atoms with Gasteiger partial charge in [-0.1, -0.05) is 39.8 Å². The van der Waals surface area contributed by atoms with Crippen LogP contribution >= 0.6 is 0 Å². The van der Waals surface area contributed by atoms with Crippen molar-refractivity contribution in [3.8, 4) is 0 Å². The summed E-state index contributed by atoms with van der Waals surface area (Å²) in [5, 5.41) is 9.41. The predicted octanol–water partition coefficient (Wildman–Crippen LogP) is 3.82. The molecule has 1 unspecified atom stereocenters. The lowest BCUT2D eigenvalue weighted by Gasteiger charge is -2.27. The Morgan fingerprint density at radius 1 is 1.23 bits per heavy atom. The van der Waals surface area contributed by atoms with Gasteiger partial charge in [0, 0.05) is 27.9 Å². The second kappa shape index (κ2) is 6.52. The van der Waals surface area contributed by atoms with Gasteiger partial charge in [-0.2, -0.15) is 5.10 Å². The van der Waals surface area contributed by atoms with Crippen molar-refractivity contribution in [1.82, 2.24) is 25.1 Å². The van der Waals surface area contributed by atoms with Crippen molar-refractivity contribution < 1.29 is 0 Å². The van der Waals surface area contributed by atoms with Crippen molar-refractivity contribution >= 4 is 22.6 Å². The molecule has 2 aromatic heterocycles. The molecule has 2 aromatic rings. The number of aliphatic imine (C=N–C) groups is 1. The van der Waals surface area contributed by atoms with E-state index in [1.54, 1.807) is 0 Å². The number of nitrogen functional groups attached to an aromatic ring is 1. The molecule has 156 valence electrons. The molecular weight excluding hydrogens is 374 g/mol.